The lowest BCUT2D eigenvalue weighted by molar-refractivity contribution is 0.0696. The molecule has 9 heteroatoms. The number of nitrogens with two attached hydrogens (primary N) is 1. The maximum absolute atomic E-state index is 12.4. The number of carbonyl (C=O) groups is 1. The van der Waals surface area contributed by atoms with Gasteiger partial charge in [0.05, 0.1) is 18.7 Å². The number of anilines is 1. The number of aromatic amines is 1. The Morgan fingerprint density at radius 1 is 1.35 bits per heavy atom. The van der Waals surface area contributed by atoms with Gasteiger partial charge in [0.15, 0.2) is 17.3 Å². The van der Waals surface area contributed by atoms with Crippen molar-refractivity contribution >= 4 is 34.7 Å². The number of aromatic nitrogens is 4. The molecule has 4 N–H and O–H groups in total. The van der Waals surface area contributed by atoms with E-state index in [9.17, 15) is 9.59 Å². The SMILES string of the molecule is Nc1nc(C2=CC=NC2)nc2c1[nH]c(=O)n2Cc1cccc(C(=O)O)c1. The van der Waals surface area contributed by atoms with Gasteiger partial charge in [-0.05, 0) is 23.8 Å². The van der Waals surface area contributed by atoms with E-state index in [1.807, 2.05) is 0 Å². The van der Waals surface area contributed by atoms with Crippen molar-refractivity contribution in [2.75, 3.05) is 12.3 Å². The van der Waals surface area contributed by atoms with Crippen LogP contribution in [0.15, 0.2) is 40.1 Å². The Balaban J connectivity index is 1.82. The van der Waals surface area contributed by atoms with Crippen molar-refractivity contribution in [1.82, 2.24) is 19.5 Å². The molecule has 1 aromatic carbocycles. The summed E-state index contributed by atoms with van der Waals surface area (Å²) in [6.07, 6.45) is 3.47. The second kappa shape index (κ2) is 5.96. The number of imidazole rings is 1. The fourth-order valence-electron chi connectivity index (χ4n) is 2.82. The Morgan fingerprint density at radius 3 is 2.92 bits per heavy atom. The molecule has 0 radical (unpaired) electrons. The van der Waals surface area contributed by atoms with Crippen molar-refractivity contribution in [3.63, 3.8) is 0 Å². The number of carboxylic acid groups (broad SMARTS) is 1. The monoisotopic (exact) mass is 350 g/mol. The summed E-state index contributed by atoms with van der Waals surface area (Å²) in [5, 5.41) is 9.13. The fourth-order valence-corrected chi connectivity index (χ4v) is 2.82. The number of carboxylic acids is 1. The van der Waals surface area contributed by atoms with E-state index in [1.165, 1.54) is 16.7 Å². The highest BCUT2D eigenvalue weighted by Crippen LogP contribution is 2.20. The molecule has 0 saturated heterocycles. The van der Waals surface area contributed by atoms with Crippen molar-refractivity contribution in [2.45, 2.75) is 6.54 Å². The standard InChI is InChI=1S/C17H14N6O3/c18-13-12-15(22-14(21-13)11-4-5-19-7-11)23(17(26)20-12)8-9-2-1-3-10(6-9)16(24)25/h1-6H,7-8H2,(H,20,26)(H,24,25)(H2,18,21,22). The molecular formula is C17H14N6O3. The number of hydrogen-bond acceptors (Lipinski definition) is 6. The van der Waals surface area contributed by atoms with Crippen LogP contribution >= 0.6 is 0 Å². The van der Waals surface area contributed by atoms with E-state index in [0.29, 0.717) is 29.1 Å². The highest BCUT2D eigenvalue weighted by Gasteiger charge is 2.17. The number of allylic oxidation sites excluding steroid dienone is 1. The van der Waals surface area contributed by atoms with Crippen LogP contribution in [-0.4, -0.2) is 43.4 Å². The van der Waals surface area contributed by atoms with Crippen LogP contribution in [0.3, 0.4) is 0 Å². The molecule has 0 aliphatic carbocycles. The second-order valence-electron chi connectivity index (χ2n) is 5.83. The number of nitrogens with one attached hydrogen (secondary N) is 1. The number of hydrogen-bond donors (Lipinski definition) is 3. The lowest BCUT2D eigenvalue weighted by atomic mass is 10.1. The highest BCUT2D eigenvalue weighted by molar-refractivity contribution is 5.90. The number of nitrogens with zero attached hydrogens (tertiary/aromatic N) is 4. The average molecular weight is 350 g/mol. The molecule has 1 aliphatic heterocycles. The first kappa shape index (κ1) is 15.8. The van der Waals surface area contributed by atoms with Crippen molar-refractivity contribution in [1.29, 1.82) is 0 Å². The zero-order valence-corrected chi connectivity index (χ0v) is 13.5. The summed E-state index contributed by atoms with van der Waals surface area (Å²) < 4.78 is 1.41. The summed E-state index contributed by atoms with van der Waals surface area (Å²) in [7, 11) is 0. The van der Waals surface area contributed by atoms with E-state index in [0.717, 1.165) is 5.57 Å². The van der Waals surface area contributed by atoms with Crippen LogP contribution in [0, 0.1) is 0 Å². The van der Waals surface area contributed by atoms with Gasteiger partial charge in [-0.2, -0.15) is 0 Å². The molecule has 0 bridgehead atoms. The van der Waals surface area contributed by atoms with Gasteiger partial charge in [-0.15, -0.1) is 0 Å². The van der Waals surface area contributed by atoms with Gasteiger partial charge in [-0.1, -0.05) is 12.1 Å². The van der Waals surface area contributed by atoms with E-state index in [4.69, 9.17) is 10.8 Å². The Labute approximate surface area is 146 Å². The molecule has 130 valence electrons. The minimum atomic E-state index is -1.03. The molecule has 0 amide bonds. The van der Waals surface area contributed by atoms with Gasteiger partial charge in [-0.25, -0.2) is 19.6 Å². The number of H-pyrrole nitrogens is 1. The van der Waals surface area contributed by atoms with E-state index in [1.54, 1.807) is 24.4 Å². The summed E-state index contributed by atoms with van der Waals surface area (Å²) in [5.41, 5.74) is 7.94. The number of aromatic carboxylic acids is 1. The van der Waals surface area contributed by atoms with Gasteiger partial charge in [0.2, 0.25) is 0 Å². The first-order valence-corrected chi connectivity index (χ1v) is 7.80. The molecule has 0 spiro atoms. The lowest BCUT2D eigenvalue weighted by Gasteiger charge is -2.07. The lowest BCUT2D eigenvalue weighted by Crippen LogP contribution is -2.18. The predicted molar refractivity (Wildman–Crippen MR) is 96.4 cm³/mol. The number of fused-ring (bicyclic) bond motifs is 1. The van der Waals surface area contributed by atoms with E-state index >= 15 is 0 Å². The van der Waals surface area contributed by atoms with Crippen molar-refractivity contribution in [3.8, 4) is 0 Å². The third kappa shape index (κ3) is 2.65. The van der Waals surface area contributed by atoms with E-state index < -0.39 is 11.7 Å². The van der Waals surface area contributed by atoms with Crippen LogP contribution in [0.5, 0.6) is 0 Å². The molecule has 2 aromatic heterocycles. The molecule has 0 unspecified atom stereocenters. The Kier molecular flexibility index (Phi) is 3.61. The molecule has 0 atom stereocenters. The third-order valence-electron chi connectivity index (χ3n) is 4.10. The topological polar surface area (TPSA) is 139 Å². The third-order valence-corrected chi connectivity index (χ3v) is 4.10. The smallest absolute Gasteiger partial charge is 0.335 e. The number of benzene rings is 1. The Bertz CT molecular complexity index is 1160. The fraction of sp³-hybridized carbons (Fsp3) is 0.118. The minimum Gasteiger partial charge on any atom is -0.478 e. The van der Waals surface area contributed by atoms with E-state index in [2.05, 4.69) is 19.9 Å². The molecule has 3 heterocycles. The molecule has 3 aromatic rings. The first-order valence-electron chi connectivity index (χ1n) is 7.80. The van der Waals surface area contributed by atoms with Crippen molar-refractivity contribution < 1.29 is 9.90 Å². The van der Waals surface area contributed by atoms with E-state index in [-0.39, 0.29) is 17.9 Å². The Morgan fingerprint density at radius 2 is 2.19 bits per heavy atom. The molecule has 0 fully saturated rings. The minimum absolute atomic E-state index is 0.151. The zero-order valence-electron chi connectivity index (χ0n) is 13.5. The summed E-state index contributed by atoms with van der Waals surface area (Å²) >= 11 is 0. The quantitative estimate of drug-likeness (QED) is 0.639. The molecule has 4 rings (SSSR count). The van der Waals surface area contributed by atoms with Gasteiger partial charge in [0.1, 0.15) is 5.52 Å². The summed E-state index contributed by atoms with van der Waals surface area (Å²) in [6, 6.07) is 6.39. The number of rotatable bonds is 4. The highest BCUT2D eigenvalue weighted by atomic mass is 16.4. The maximum Gasteiger partial charge on any atom is 0.335 e. The maximum atomic E-state index is 12.4. The van der Waals surface area contributed by atoms with Crippen LogP contribution in [0.25, 0.3) is 16.7 Å². The second-order valence-corrected chi connectivity index (χ2v) is 5.83. The van der Waals surface area contributed by atoms with Gasteiger partial charge < -0.3 is 15.8 Å². The van der Waals surface area contributed by atoms with Gasteiger partial charge in [-0.3, -0.25) is 9.56 Å². The van der Waals surface area contributed by atoms with Crippen LogP contribution in [0.1, 0.15) is 21.7 Å². The zero-order chi connectivity index (χ0) is 18.3. The van der Waals surface area contributed by atoms with Crippen LogP contribution in [-0.2, 0) is 6.54 Å². The molecule has 9 nitrogen and oxygen atoms in total. The predicted octanol–water partition coefficient (Wildman–Crippen LogP) is 0.916. The Hall–Kier alpha value is -3.75. The first-order chi connectivity index (χ1) is 12.5. The van der Waals surface area contributed by atoms with Crippen LogP contribution < -0.4 is 11.4 Å². The van der Waals surface area contributed by atoms with Gasteiger partial charge >= 0.3 is 11.7 Å². The molecule has 26 heavy (non-hydrogen) atoms. The van der Waals surface area contributed by atoms with Crippen LogP contribution in [0.2, 0.25) is 0 Å². The summed E-state index contributed by atoms with van der Waals surface area (Å²) in [4.78, 5) is 39.0. The van der Waals surface area contributed by atoms with Crippen molar-refractivity contribution in [2.24, 2.45) is 4.99 Å². The normalized spacial score (nSPS) is 13.3. The summed E-state index contributed by atoms with van der Waals surface area (Å²) in [5.74, 6) is -0.437. The van der Waals surface area contributed by atoms with Crippen LogP contribution in [0.4, 0.5) is 5.82 Å². The largest absolute Gasteiger partial charge is 0.478 e. The molecular weight excluding hydrogens is 336 g/mol. The van der Waals surface area contributed by atoms with Gasteiger partial charge in [0.25, 0.3) is 0 Å². The average Bonchev–Trinajstić information content (AvgIpc) is 3.25. The summed E-state index contributed by atoms with van der Waals surface area (Å²) in [6.45, 7) is 0.617. The van der Waals surface area contributed by atoms with Crippen molar-refractivity contribution in [3.05, 3.63) is 57.8 Å². The van der Waals surface area contributed by atoms with Gasteiger partial charge in [0, 0.05) is 11.8 Å². The molecule has 1 aliphatic rings. The number of aliphatic imine (C=N–C) groups is 1. The molecule has 0 saturated carbocycles. The number of nitrogen functional groups attached to an aromatic ring is 1.